The lowest BCUT2D eigenvalue weighted by molar-refractivity contribution is 0.279. The first-order valence-corrected chi connectivity index (χ1v) is 8.02. The van der Waals surface area contributed by atoms with Gasteiger partial charge in [0.15, 0.2) is 0 Å². The van der Waals surface area contributed by atoms with Crippen molar-refractivity contribution < 1.29 is 0 Å². The van der Waals surface area contributed by atoms with E-state index in [2.05, 4.69) is 65.6 Å². The summed E-state index contributed by atoms with van der Waals surface area (Å²) in [7, 11) is 0. The van der Waals surface area contributed by atoms with Crippen LogP contribution in [0.3, 0.4) is 0 Å². The van der Waals surface area contributed by atoms with Crippen LogP contribution in [0.25, 0.3) is 10.9 Å². The Kier molecular flexibility index (Phi) is 6.61. The van der Waals surface area contributed by atoms with E-state index in [1.807, 2.05) is 0 Å². The van der Waals surface area contributed by atoms with Gasteiger partial charge < -0.3 is 0 Å². The summed E-state index contributed by atoms with van der Waals surface area (Å²) < 4.78 is 0. The van der Waals surface area contributed by atoms with Crippen molar-refractivity contribution in [1.29, 1.82) is 0 Å². The first kappa shape index (κ1) is 18.7. The number of benzene rings is 2. The molecule has 0 saturated heterocycles. The molecule has 0 fully saturated rings. The van der Waals surface area contributed by atoms with E-state index in [0.717, 1.165) is 38.0 Å². The van der Waals surface area contributed by atoms with Crippen LogP contribution in [0.2, 0.25) is 0 Å². The maximum atomic E-state index is 4.89. The average Bonchev–Trinajstić information content (AvgIpc) is 2.76. The van der Waals surface area contributed by atoms with Crippen molar-refractivity contribution in [2.24, 2.45) is 0 Å². The fourth-order valence-corrected chi connectivity index (χ4v) is 3.29. The Labute approximate surface area is 155 Å². The van der Waals surface area contributed by atoms with E-state index in [9.17, 15) is 0 Å². The number of fused-ring (bicyclic) bond motifs is 2. The summed E-state index contributed by atoms with van der Waals surface area (Å²) in [6.07, 6.45) is 2.15. The lowest BCUT2D eigenvalue weighted by Gasteiger charge is -2.19. The summed E-state index contributed by atoms with van der Waals surface area (Å²) in [4.78, 5) is 7.43. The summed E-state index contributed by atoms with van der Waals surface area (Å²) in [5.41, 5.74) is 5.23. The molecule has 4 rings (SSSR count). The van der Waals surface area contributed by atoms with E-state index in [-0.39, 0.29) is 24.8 Å². The molecule has 1 aromatic heterocycles. The second kappa shape index (κ2) is 8.48. The minimum atomic E-state index is 0. The van der Waals surface area contributed by atoms with Gasteiger partial charge in [-0.1, -0.05) is 48.5 Å². The van der Waals surface area contributed by atoms with Gasteiger partial charge in [0.05, 0.1) is 5.52 Å². The van der Waals surface area contributed by atoms with Crippen LogP contribution in [-0.2, 0) is 19.4 Å². The predicted octanol–water partition coefficient (Wildman–Crippen LogP) is 4.68. The van der Waals surface area contributed by atoms with Crippen molar-refractivity contribution >= 4 is 35.7 Å². The van der Waals surface area contributed by atoms with E-state index < -0.39 is 0 Å². The topological polar surface area (TPSA) is 16.1 Å². The molecule has 3 aromatic rings. The molecule has 0 saturated carbocycles. The highest BCUT2D eigenvalue weighted by Gasteiger charge is 2.15. The van der Waals surface area contributed by atoms with Gasteiger partial charge in [-0.25, -0.2) is 0 Å². The third-order valence-electron chi connectivity index (χ3n) is 4.50. The number of pyridine rings is 1. The third-order valence-corrected chi connectivity index (χ3v) is 4.50. The van der Waals surface area contributed by atoms with Gasteiger partial charge in [0.1, 0.15) is 0 Å². The van der Waals surface area contributed by atoms with E-state index >= 15 is 0 Å². The Hall–Kier alpha value is -1.61. The summed E-state index contributed by atoms with van der Waals surface area (Å²) in [5.74, 6) is 0. The normalized spacial score (nSPS) is 14.2. The van der Waals surface area contributed by atoms with Gasteiger partial charge >= 0.3 is 0 Å². The Morgan fingerprint density at radius 2 is 1.54 bits per heavy atom. The number of hydrogen-bond donors (Lipinski definition) is 0. The standard InChI is InChI=1S/C20H20N2.2ClH/c1-2-6-16(7-3-1)15-22-12-10-18-14-17-8-4-5-9-19(17)21-20(18)11-13-22;;/h1-9,14H,10-13,15H2;2*1H. The molecule has 0 bridgehead atoms. The Bertz CT molecular complexity index is 744. The number of nitrogens with zero attached hydrogens (tertiary/aromatic N) is 2. The molecule has 0 atom stereocenters. The third kappa shape index (κ3) is 4.07. The Morgan fingerprint density at radius 3 is 2.38 bits per heavy atom. The predicted molar refractivity (Wildman–Crippen MR) is 105 cm³/mol. The van der Waals surface area contributed by atoms with Gasteiger partial charge in [-0.2, -0.15) is 0 Å². The van der Waals surface area contributed by atoms with Gasteiger partial charge in [0.25, 0.3) is 0 Å². The molecule has 1 aliphatic heterocycles. The molecule has 0 N–H and O–H groups in total. The highest BCUT2D eigenvalue weighted by Crippen LogP contribution is 2.21. The second-order valence-corrected chi connectivity index (χ2v) is 6.05. The van der Waals surface area contributed by atoms with Crippen molar-refractivity contribution in [3.8, 4) is 0 Å². The largest absolute Gasteiger partial charge is 0.298 e. The number of rotatable bonds is 2. The van der Waals surface area contributed by atoms with Crippen molar-refractivity contribution in [1.82, 2.24) is 9.88 Å². The molecule has 126 valence electrons. The summed E-state index contributed by atoms with van der Waals surface area (Å²) in [6.45, 7) is 3.24. The maximum Gasteiger partial charge on any atom is 0.0705 e. The number of aromatic nitrogens is 1. The molecule has 4 heteroatoms. The van der Waals surface area contributed by atoms with Crippen LogP contribution in [-0.4, -0.2) is 23.0 Å². The molecular formula is C20H22Cl2N2. The molecule has 0 radical (unpaired) electrons. The zero-order valence-corrected chi connectivity index (χ0v) is 15.2. The van der Waals surface area contributed by atoms with Crippen LogP contribution in [0.1, 0.15) is 16.8 Å². The minimum Gasteiger partial charge on any atom is -0.298 e. The van der Waals surface area contributed by atoms with Crippen molar-refractivity contribution in [3.05, 3.63) is 77.5 Å². The highest BCUT2D eigenvalue weighted by molar-refractivity contribution is 5.85. The fourth-order valence-electron chi connectivity index (χ4n) is 3.29. The highest BCUT2D eigenvalue weighted by atomic mass is 35.5. The first-order valence-electron chi connectivity index (χ1n) is 8.02. The van der Waals surface area contributed by atoms with Crippen LogP contribution >= 0.6 is 24.8 Å². The van der Waals surface area contributed by atoms with Crippen LogP contribution in [0.4, 0.5) is 0 Å². The van der Waals surface area contributed by atoms with Gasteiger partial charge in [0, 0.05) is 37.1 Å². The number of para-hydroxylation sites is 1. The zero-order chi connectivity index (χ0) is 14.8. The van der Waals surface area contributed by atoms with Crippen LogP contribution in [0, 0.1) is 0 Å². The van der Waals surface area contributed by atoms with Gasteiger partial charge in [-0.05, 0) is 29.7 Å². The maximum absolute atomic E-state index is 4.89. The monoisotopic (exact) mass is 360 g/mol. The summed E-state index contributed by atoms with van der Waals surface area (Å²) in [5, 5.41) is 1.26. The molecule has 1 aliphatic rings. The molecule has 2 nitrogen and oxygen atoms in total. The van der Waals surface area contributed by atoms with Gasteiger partial charge in [-0.15, -0.1) is 24.8 Å². The van der Waals surface area contributed by atoms with Crippen molar-refractivity contribution in [3.63, 3.8) is 0 Å². The second-order valence-electron chi connectivity index (χ2n) is 6.05. The van der Waals surface area contributed by atoms with Crippen LogP contribution < -0.4 is 0 Å². The molecule has 0 amide bonds. The van der Waals surface area contributed by atoms with Crippen molar-refractivity contribution in [2.75, 3.05) is 13.1 Å². The molecule has 0 spiro atoms. The zero-order valence-electron chi connectivity index (χ0n) is 13.5. The lowest BCUT2D eigenvalue weighted by Crippen LogP contribution is -2.25. The average molecular weight is 361 g/mol. The number of hydrogen-bond acceptors (Lipinski definition) is 2. The molecule has 24 heavy (non-hydrogen) atoms. The van der Waals surface area contributed by atoms with Crippen molar-refractivity contribution in [2.45, 2.75) is 19.4 Å². The fraction of sp³-hybridized carbons (Fsp3) is 0.250. The summed E-state index contributed by atoms with van der Waals surface area (Å²) in [6, 6.07) is 21.5. The SMILES string of the molecule is Cl.Cl.c1ccc(CN2CCc3cc4ccccc4nc3CC2)cc1. The molecule has 2 aromatic carbocycles. The van der Waals surface area contributed by atoms with E-state index in [0.29, 0.717) is 0 Å². The smallest absolute Gasteiger partial charge is 0.0705 e. The quantitative estimate of drug-likeness (QED) is 0.659. The van der Waals surface area contributed by atoms with Crippen LogP contribution in [0.5, 0.6) is 0 Å². The molecule has 0 aliphatic carbocycles. The summed E-state index contributed by atoms with van der Waals surface area (Å²) >= 11 is 0. The van der Waals surface area contributed by atoms with E-state index in [4.69, 9.17) is 4.98 Å². The molecule has 2 heterocycles. The van der Waals surface area contributed by atoms with E-state index in [1.54, 1.807) is 0 Å². The minimum absolute atomic E-state index is 0. The van der Waals surface area contributed by atoms with Gasteiger partial charge in [-0.3, -0.25) is 9.88 Å². The van der Waals surface area contributed by atoms with Crippen LogP contribution in [0.15, 0.2) is 60.7 Å². The Morgan fingerprint density at radius 1 is 0.833 bits per heavy atom. The lowest BCUT2D eigenvalue weighted by atomic mass is 10.1. The van der Waals surface area contributed by atoms with Gasteiger partial charge in [0.2, 0.25) is 0 Å². The first-order chi connectivity index (χ1) is 10.9. The Balaban J connectivity index is 0.00000104. The molecule has 0 unspecified atom stereocenters. The van der Waals surface area contributed by atoms with E-state index in [1.165, 1.54) is 22.2 Å². The molecular weight excluding hydrogens is 339 g/mol. The number of halogens is 2.